The van der Waals surface area contributed by atoms with Crippen LogP contribution in [0.4, 0.5) is 5.69 Å². The number of nitrogens with one attached hydrogen (secondary N) is 2. The van der Waals surface area contributed by atoms with E-state index in [0.717, 1.165) is 24.3 Å². The quantitative estimate of drug-likeness (QED) is 0.829. The molecule has 1 aromatic rings. The smallest absolute Gasteiger partial charge is 0.279 e. The van der Waals surface area contributed by atoms with Crippen molar-refractivity contribution in [3.05, 3.63) is 29.3 Å². The van der Waals surface area contributed by atoms with Gasteiger partial charge in [-0.05, 0) is 44.7 Å². The van der Waals surface area contributed by atoms with Gasteiger partial charge in [0.1, 0.15) is 0 Å². The van der Waals surface area contributed by atoms with Gasteiger partial charge in [-0.1, -0.05) is 17.7 Å². The fourth-order valence-corrected chi connectivity index (χ4v) is 2.60. The molecule has 1 aromatic carbocycles. The number of hydrogen-bond donors (Lipinski definition) is 2. The predicted octanol–water partition coefficient (Wildman–Crippen LogP) is 1.31. The Morgan fingerprint density at radius 3 is 2.61 bits per heavy atom. The average molecular weight is 247 g/mol. The van der Waals surface area contributed by atoms with Crippen molar-refractivity contribution in [3.8, 4) is 0 Å². The standard InChI is InChI=1S/C15H22N2O/c1-12-6-7-14(13(2)10-12)16-15(18)11-17-8-4-3-5-9-17/h6-7,10H,3-5,8-9,11H2,1-2H3,(H,16,18)/p+1. The second kappa shape index (κ2) is 6.01. The first-order chi connectivity index (χ1) is 8.65. The highest BCUT2D eigenvalue weighted by Crippen LogP contribution is 2.15. The summed E-state index contributed by atoms with van der Waals surface area (Å²) in [6.07, 6.45) is 3.83. The molecule has 1 fully saturated rings. The van der Waals surface area contributed by atoms with Crippen molar-refractivity contribution in [2.24, 2.45) is 0 Å². The van der Waals surface area contributed by atoms with Crippen molar-refractivity contribution >= 4 is 11.6 Å². The van der Waals surface area contributed by atoms with Gasteiger partial charge in [0.15, 0.2) is 6.54 Å². The van der Waals surface area contributed by atoms with Gasteiger partial charge in [-0.15, -0.1) is 0 Å². The van der Waals surface area contributed by atoms with Gasteiger partial charge in [0.2, 0.25) is 0 Å². The van der Waals surface area contributed by atoms with Crippen molar-refractivity contribution < 1.29 is 9.69 Å². The molecule has 0 bridgehead atoms. The highest BCUT2D eigenvalue weighted by atomic mass is 16.2. The van der Waals surface area contributed by atoms with Crippen molar-refractivity contribution in [1.29, 1.82) is 0 Å². The van der Waals surface area contributed by atoms with Crippen LogP contribution >= 0.6 is 0 Å². The lowest BCUT2D eigenvalue weighted by molar-refractivity contribution is -0.896. The minimum absolute atomic E-state index is 0.138. The van der Waals surface area contributed by atoms with Crippen LogP contribution in [0.15, 0.2) is 18.2 Å². The molecule has 98 valence electrons. The molecule has 18 heavy (non-hydrogen) atoms. The number of rotatable bonds is 3. The highest BCUT2D eigenvalue weighted by molar-refractivity contribution is 5.92. The van der Waals surface area contributed by atoms with Gasteiger partial charge in [0.05, 0.1) is 13.1 Å². The van der Waals surface area contributed by atoms with Crippen LogP contribution in [0.25, 0.3) is 0 Å². The first-order valence-electron chi connectivity index (χ1n) is 6.86. The molecular weight excluding hydrogens is 224 g/mol. The Kier molecular flexibility index (Phi) is 4.37. The molecule has 1 amide bonds. The summed E-state index contributed by atoms with van der Waals surface area (Å²) in [5.74, 6) is 0.138. The SMILES string of the molecule is Cc1ccc(NC(=O)C[NH+]2CCCCC2)c(C)c1. The second-order valence-electron chi connectivity index (χ2n) is 5.35. The Labute approximate surface area is 109 Å². The van der Waals surface area contributed by atoms with E-state index in [1.807, 2.05) is 19.1 Å². The maximum Gasteiger partial charge on any atom is 0.279 e. The fourth-order valence-electron chi connectivity index (χ4n) is 2.60. The monoisotopic (exact) mass is 247 g/mol. The molecule has 2 rings (SSSR count). The van der Waals surface area contributed by atoms with Crippen LogP contribution < -0.4 is 10.2 Å². The number of quaternary nitrogens is 1. The van der Waals surface area contributed by atoms with Crippen molar-refractivity contribution in [1.82, 2.24) is 0 Å². The van der Waals surface area contributed by atoms with Crippen molar-refractivity contribution in [3.63, 3.8) is 0 Å². The molecule has 1 heterocycles. The van der Waals surface area contributed by atoms with Gasteiger partial charge >= 0.3 is 0 Å². The van der Waals surface area contributed by atoms with Crippen LogP contribution in [0.2, 0.25) is 0 Å². The fraction of sp³-hybridized carbons (Fsp3) is 0.533. The summed E-state index contributed by atoms with van der Waals surface area (Å²) < 4.78 is 0. The molecule has 1 saturated heterocycles. The summed E-state index contributed by atoms with van der Waals surface area (Å²) in [5.41, 5.74) is 3.31. The third kappa shape index (κ3) is 3.57. The molecule has 0 aliphatic carbocycles. The van der Waals surface area contributed by atoms with E-state index < -0.39 is 0 Å². The number of amides is 1. The third-order valence-electron chi connectivity index (χ3n) is 3.63. The van der Waals surface area contributed by atoms with Gasteiger partial charge in [-0.3, -0.25) is 4.79 Å². The highest BCUT2D eigenvalue weighted by Gasteiger charge is 2.17. The van der Waals surface area contributed by atoms with Crippen LogP contribution in [0.3, 0.4) is 0 Å². The summed E-state index contributed by atoms with van der Waals surface area (Å²) >= 11 is 0. The number of carbonyl (C=O) groups is 1. The zero-order valence-corrected chi connectivity index (χ0v) is 11.4. The van der Waals surface area contributed by atoms with E-state index >= 15 is 0 Å². The lowest BCUT2D eigenvalue weighted by atomic mass is 10.1. The minimum atomic E-state index is 0.138. The molecule has 0 atom stereocenters. The Hall–Kier alpha value is -1.35. The molecule has 0 spiro atoms. The van der Waals surface area contributed by atoms with Gasteiger partial charge in [-0.2, -0.15) is 0 Å². The van der Waals surface area contributed by atoms with E-state index in [0.29, 0.717) is 6.54 Å². The van der Waals surface area contributed by atoms with Crippen LogP contribution in [0, 0.1) is 13.8 Å². The normalized spacial score (nSPS) is 16.6. The van der Waals surface area contributed by atoms with E-state index in [1.165, 1.54) is 29.7 Å². The summed E-state index contributed by atoms with van der Waals surface area (Å²) in [7, 11) is 0. The first-order valence-corrected chi connectivity index (χ1v) is 6.86. The number of hydrogen-bond acceptors (Lipinski definition) is 1. The topological polar surface area (TPSA) is 33.5 Å². The summed E-state index contributed by atoms with van der Waals surface area (Å²) in [4.78, 5) is 13.4. The van der Waals surface area contributed by atoms with E-state index in [1.54, 1.807) is 0 Å². The number of aryl methyl sites for hydroxylation is 2. The molecular formula is C15H23N2O+. The Balaban J connectivity index is 1.90. The maximum atomic E-state index is 12.0. The number of likely N-dealkylation sites (tertiary alicyclic amines) is 1. The molecule has 2 N–H and O–H groups in total. The third-order valence-corrected chi connectivity index (χ3v) is 3.63. The van der Waals surface area contributed by atoms with Crippen LogP contribution in [-0.2, 0) is 4.79 Å². The molecule has 0 saturated carbocycles. The van der Waals surface area contributed by atoms with Crippen molar-refractivity contribution in [2.75, 3.05) is 25.0 Å². The maximum absolute atomic E-state index is 12.0. The Bertz CT molecular complexity index is 423. The van der Waals surface area contributed by atoms with Gasteiger partial charge in [0.25, 0.3) is 5.91 Å². The van der Waals surface area contributed by atoms with Gasteiger partial charge in [-0.25, -0.2) is 0 Å². The zero-order valence-electron chi connectivity index (χ0n) is 11.4. The molecule has 1 aliphatic heterocycles. The average Bonchev–Trinajstić information content (AvgIpc) is 2.34. The molecule has 0 unspecified atom stereocenters. The van der Waals surface area contributed by atoms with E-state index in [2.05, 4.69) is 18.3 Å². The Morgan fingerprint density at radius 2 is 1.94 bits per heavy atom. The zero-order chi connectivity index (χ0) is 13.0. The van der Waals surface area contributed by atoms with Gasteiger partial charge in [0, 0.05) is 5.69 Å². The van der Waals surface area contributed by atoms with E-state index in [-0.39, 0.29) is 5.91 Å². The molecule has 0 radical (unpaired) electrons. The number of piperidine rings is 1. The summed E-state index contributed by atoms with van der Waals surface area (Å²) in [5, 5.41) is 3.02. The molecule has 1 aliphatic rings. The minimum Gasteiger partial charge on any atom is -0.327 e. The van der Waals surface area contributed by atoms with E-state index in [9.17, 15) is 4.79 Å². The lowest BCUT2D eigenvalue weighted by Crippen LogP contribution is -3.13. The number of anilines is 1. The molecule has 3 nitrogen and oxygen atoms in total. The first kappa shape index (κ1) is 13.1. The van der Waals surface area contributed by atoms with E-state index in [4.69, 9.17) is 0 Å². The number of benzene rings is 1. The number of carbonyl (C=O) groups excluding carboxylic acids is 1. The predicted molar refractivity (Wildman–Crippen MR) is 74.0 cm³/mol. The summed E-state index contributed by atoms with van der Waals surface area (Å²) in [6, 6.07) is 6.13. The second-order valence-corrected chi connectivity index (χ2v) is 5.35. The van der Waals surface area contributed by atoms with Crippen LogP contribution in [-0.4, -0.2) is 25.5 Å². The summed E-state index contributed by atoms with van der Waals surface area (Å²) in [6.45, 7) is 6.99. The van der Waals surface area contributed by atoms with Crippen LogP contribution in [0.1, 0.15) is 30.4 Å². The largest absolute Gasteiger partial charge is 0.327 e. The molecule has 0 aromatic heterocycles. The Morgan fingerprint density at radius 1 is 1.22 bits per heavy atom. The lowest BCUT2D eigenvalue weighted by Gasteiger charge is -2.23. The molecule has 3 heteroatoms. The van der Waals surface area contributed by atoms with Crippen LogP contribution in [0.5, 0.6) is 0 Å². The van der Waals surface area contributed by atoms with Crippen molar-refractivity contribution in [2.45, 2.75) is 33.1 Å². The van der Waals surface area contributed by atoms with Gasteiger partial charge < -0.3 is 10.2 Å².